The summed E-state index contributed by atoms with van der Waals surface area (Å²) in [7, 11) is 0. The van der Waals surface area contributed by atoms with E-state index >= 15 is 0 Å². The van der Waals surface area contributed by atoms with E-state index in [1.807, 2.05) is 11.3 Å². The minimum atomic E-state index is 0.326. The normalized spacial score (nSPS) is 12.7. The molecule has 20 heavy (non-hydrogen) atoms. The molecule has 2 rings (SSSR count). The van der Waals surface area contributed by atoms with Gasteiger partial charge in [0.05, 0.1) is 6.04 Å². The van der Waals surface area contributed by atoms with Crippen molar-refractivity contribution in [3.05, 3.63) is 56.3 Å². The molecular weight excluding hydrogens is 262 g/mol. The van der Waals surface area contributed by atoms with Crippen LogP contribution in [0.25, 0.3) is 0 Å². The van der Waals surface area contributed by atoms with Gasteiger partial charge in [0, 0.05) is 9.75 Å². The third-order valence-electron chi connectivity index (χ3n) is 3.81. The number of nitrogens with one attached hydrogen (secondary N) is 1. The van der Waals surface area contributed by atoms with Crippen LogP contribution in [-0.2, 0) is 0 Å². The molecule has 1 unspecified atom stereocenters. The Kier molecular flexibility index (Phi) is 5.00. The number of benzene rings is 1. The monoisotopic (exact) mass is 287 g/mol. The average molecular weight is 287 g/mol. The fourth-order valence-electron chi connectivity index (χ4n) is 2.47. The fourth-order valence-corrected chi connectivity index (χ4v) is 3.60. The highest BCUT2D eigenvalue weighted by atomic mass is 32.1. The zero-order valence-corrected chi connectivity index (χ0v) is 14.0. The predicted molar refractivity (Wildman–Crippen MR) is 89.8 cm³/mol. The maximum Gasteiger partial charge on any atom is 0.0673 e. The Morgan fingerprint density at radius 1 is 1.05 bits per heavy atom. The smallest absolute Gasteiger partial charge is 0.0673 e. The number of aryl methyl sites for hydroxylation is 4. The van der Waals surface area contributed by atoms with Crippen LogP contribution in [0.2, 0.25) is 0 Å². The quantitative estimate of drug-likeness (QED) is 0.809. The molecule has 0 fully saturated rings. The van der Waals surface area contributed by atoms with Crippen LogP contribution in [0.4, 0.5) is 0 Å². The van der Waals surface area contributed by atoms with Crippen LogP contribution in [0.15, 0.2) is 24.3 Å². The Labute approximate surface area is 127 Å². The van der Waals surface area contributed by atoms with Crippen molar-refractivity contribution in [3.63, 3.8) is 0 Å². The van der Waals surface area contributed by atoms with Gasteiger partial charge in [-0.25, -0.2) is 0 Å². The van der Waals surface area contributed by atoms with Gasteiger partial charge in [0.1, 0.15) is 0 Å². The van der Waals surface area contributed by atoms with Crippen molar-refractivity contribution >= 4 is 11.3 Å². The van der Waals surface area contributed by atoms with Gasteiger partial charge in [0.2, 0.25) is 0 Å². The molecule has 0 aliphatic rings. The standard InChI is InChI=1S/C18H25NS/c1-6-9-19-18(17-11-14(4)15(5)20-17)16-10-12(2)7-8-13(16)3/h7-8,10-11,18-19H,6,9H2,1-5H3. The molecule has 0 spiro atoms. The molecule has 0 amide bonds. The molecule has 0 saturated heterocycles. The van der Waals surface area contributed by atoms with E-state index < -0.39 is 0 Å². The number of hydrogen-bond acceptors (Lipinski definition) is 2. The van der Waals surface area contributed by atoms with Crippen molar-refractivity contribution in [2.45, 2.75) is 47.1 Å². The minimum Gasteiger partial charge on any atom is -0.306 e. The highest BCUT2D eigenvalue weighted by Crippen LogP contribution is 2.32. The van der Waals surface area contributed by atoms with Crippen LogP contribution in [-0.4, -0.2) is 6.54 Å². The number of hydrogen-bond donors (Lipinski definition) is 1. The second-order valence-electron chi connectivity index (χ2n) is 5.64. The van der Waals surface area contributed by atoms with E-state index in [-0.39, 0.29) is 0 Å². The Bertz CT molecular complexity index is 564. The molecule has 0 radical (unpaired) electrons. The zero-order chi connectivity index (χ0) is 14.7. The fraction of sp³-hybridized carbons (Fsp3) is 0.444. The average Bonchev–Trinajstić information content (AvgIpc) is 2.74. The van der Waals surface area contributed by atoms with Gasteiger partial charge in [-0.1, -0.05) is 30.7 Å². The van der Waals surface area contributed by atoms with E-state index in [0.717, 1.165) is 13.0 Å². The molecule has 0 aliphatic heterocycles. The van der Waals surface area contributed by atoms with Crippen LogP contribution in [0.5, 0.6) is 0 Å². The van der Waals surface area contributed by atoms with Gasteiger partial charge < -0.3 is 5.32 Å². The first kappa shape index (κ1) is 15.3. The van der Waals surface area contributed by atoms with Gasteiger partial charge >= 0.3 is 0 Å². The number of thiophene rings is 1. The molecule has 1 heterocycles. The van der Waals surface area contributed by atoms with Crippen LogP contribution < -0.4 is 5.32 Å². The van der Waals surface area contributed by atoms with Crippen LogP contribution in [0.1, 0.15) is 51.4 Å². The Balaban J connectivity index is 2.43. The summed E-state index contributed by atoms with van der Waals surface area (Å²) in [4.78, 5) is 2.86. The lowest BCUT2D eigenvalue weighted by molar-refractivity contribution is 0.603. The summed E-state index contributed by atoms with van der Waals surface area (Å²) in [5.74, 6) is 0. The summed E-state index contributed by atoms with van der Waals surface area (Å²) < 4.78 is 0. The molecular formula is C18H25NS. The molecule has 1 aromatic carbocycles. The molecule has 1 N–H and O–H groups in total. The van der Waals surface area contributed by atoms with Crippen molar-refractivity contribution in [1.29, 1.82) is 0 Å². The lowest BCUT2D eigenvalue weighted by Crippen LogP contribution is -2.23. The molecule has 2 heteroatoms. The first-order valence-corrected chi connectivity index (χ1v) is 8.22. The number of rotatable bonds is 5. The van der Waals surface area contributed by atoms with Gasteiger partial charge in [-0.3, -0.25) is 0 Å². The van der Waals surface area contributed by atoms with E-state index in [4.69, 9.17) is 0 Å². The Morgan fingerprint density at radius 2 is 1.80 bits per heavy atom. The van der Waals surface area contributed by atoms with E-state index in [0.29, 0.717) is 6.04 Å². The van der Waals surface area contributed by atoms with Crippen molar-refractivity contribution in [3.8, 4) is 0 Å². The minimum absolute atomic E-state index is 0.326. The van der Waals surface area contributed by atoms with E-state index in [2.05, 4.69) is 64.2 Å². The third-order valence-corrected chi connectivity index (χ3v) is 5.03. The Morgan fingerprint density at radius 3 is 2.40 bits per heavy atom. The first-order chi connectivity index (χ1) is 9.52. The van der Waals surface area contributed by atoms with Crippen LogP contribution in [0, 0.1) is 27.7 Å². The highest BCUT2D eigenvalue weighted by Gasteiger charge is 2.18. The maximum absolute atomic E-state index is 3.72. The van der Waals surface area contributed by atoms with Gasteiger partial charge in [0.15, 0.2) is 0 Å². The Hall–Kier alpha value is -1.12. The molecule has 1 aromatic heterocycles. The zero-order valence-electron chi connectivity index (χ0n) is 13.2. The molecule has 1 atom stereocenters. The van der Waals surface area contributed by atoms with Crippen molar-refractivity contribution in [1.82, 2.24) is 5.32 Å². The molecule has 0 saturated carbocycles. The third kappa shape index (κ3) is 3.31. The molecule has 1 nitrogen and oxygen atoms in total. The second kappa shape index (κ2) is 6.55. The van der Waals surface area contributed by atoms with Gasteiger partial charge in [-0.15, -0.1) is 11.3 Å². The van der Waals surface area contributed by atoms with Gasteiger partial charge in [-0.2, -0.15) is 0 Å². The molecule has 0 aliphatic carbocycles. The summed E-state index contributed by atoms with van der Waals surface area (Å²) in [6, 6.07) is 9.42. The SMILES string of the molecule is CCCNC(c1cc(C)c(C)s1)c1cc(C)ccc1C. The highest BCUT2D eigenvalue weighted by molar-refractivity contribution is 7.12. The largest absolute Gasteiger partial charge is 0.306 e. The van der Waals surface area contributed by atoms with Crippen molar-refractivity contribution < 1.29 is 0 Å². The molecule has 2 aromatic rings. The van der Waals surface area contributed by atoms with E-state index in [9.17, 15) is 0 Å². The first-order valence-electron chi connectivity index (χ1n) is 7.40. The van der Waals surface area contributed by atoms with Gasteiger partial charge in [-0.05, 0) is 63.4 Å². The summed E-state index contributed by atoms with van der Waals surface area (Å²) in [6.07, 6.45) is 1.16. The van der Waals surface area contributed by atoms with Gasteiger partial charge in [0.25, 0.3) is 0 Å². The molecule has 0 bridgehead atoms. The van der Waals surface area contributed by atoms with Crippen LogP contribution >= 0.6 is 11.3 Å². The lowest BCUT2D eigenvalue weighted by Gasteiger charge is -2.20. The summed E-state index contributed by atoms with van der Waals surface area (Å²) in [5, 5.41) is 3.72. The summed E-state index contributed by atoms with van der Waals surface area (Å²) in [6.45, 7) is 12.1. The lowest BCUT2D eigenvalue weighted by atomic mass is 9.97. The van der Waals surface area contributed by atoms with E-state index in [1.165, 1.54) is 32.0 Å². The summed E-state index contributed by atoms with van der Waals surface area (Å²) in [5.41, 5.74) is 5.52. The van der Waals surface area contributed by atoms with E-state index in [1.54, 1.807) is 0 Å². The van der Waals surface area contributed by atoms with Crippen LogP contribution in [0.3, 0.4) is 0 Å². The maximum atomic E-state index is 3.72. The topological polar surface area (TPSA) is 12.0 Å². The van der Waals surface area contributed by atoms with Crippen molar-refractivity contribution in [2.24, 2.45) is 0 Å². The second-order valence-corrected chi connectivity index (χ2v) is 6.92. The summed E-state index contributed by atoms with van der Waals surface area (Å²) >= 11 is 1.92. The predicted octanol–water partition coefficient (Wildman–Crippen LogP) is 5.07. The molecule has 108 valence electrons. The van der Waals surface area contributed by atoms with Crippen molar-refractivity contribution in [2.75, 3.05) is 6.54 Å².